The van der Waals surface area contributed by atoms with E-state index in [9.17, 15) is 35.4 Å². The number of aromatic hydroxyl groups is 1. The monoisotopic (exact) mass is 508 g/mol. The first-order valence-electron chi connectivity index (χ1n) is 11.4. The molecule has 0 radical (unpaired) electrons. The van der Waals surface area contributed by atoms with E-state index in [2.05, 4.69) is 0 Å². The highest BCUT2D eigenvalue weighted by Crippen LogP contribution is 2.34. The van der Waals surface area contributed by atoms with Crippen LogP contribution in [0.4, 0.5) is 0 Å². The Balaban J connectivity index is 1.54. The number of Topliss-reactive ketones (excluding diaryl/α,β-unsaturated/α-hetero) is 1. The number of aryl methyl sites for hydroxylation is 1. The van der Waals surface area contributed by atoms with Gasteiger partial charge in [-0.2, -0.15) is 0 Å². The first kappa shape index (κ1) is 27.7. The first-order chi connectivity index (χ1) is 17.2. The van der Waals surface area contributed by atoms with Crippen molar-refractivity contribution in [2.75, 3.05) is 20.8 Å². The smallest absolute Gasteiger partial charge is 0.229 e. The molecule has 3 rings (SSSR count). The average Bonchev–Trinajstić information content (AvgIpc) is 2.87. The van der Waals surface area contributed by atoms with Crippen LogP contribution in [0.5, 0.6) is 23.0 Å². The molecule has 1 heterocycles. The molecule has 1 fully saturated rings. The highest BCUT2D eigenvalue weighted by molar-refractivity contribution is 6.01. The molecule has 0 saturated carbocycles. The molecule has 2 aromatic rings. The lowest BCUT2D eigenvalue weighted by molar-refractivity contribution is -0.277. The molecule has 0 spiro atoms. The van der Waals surface area contributed by atoms with Crippen LogP contribution in [0.25, 0.3) is 0 Å². The van der Waals surface area contributed by atoms with Crippen molar-refractivity contribution >= 4 is 5.78 Å². The van der Waals surface area contributed by atoms with E-state index in [1.807, 2.05) is 0 Å². The number of hydrogen-bond donors (Lipinski definition) is 6. The number of methoxy groups -OCH3 is 2. The molecule has 0 bridgehead atoms. The summed E-state index contributed by atoms with van der Waals surface area (Å²) in [5.41, 5.74) is 0.819. The SMILES string of the molecule is COc1cc(O)c(C(=O)C[C@H](O)CCc2ccc(O[C@@H]3O[C@H](CO)[C@@H](O)[C@H](O)[C@H]3O)cc2)c(OC)c1. The number of ether oxygens (including phenoxy) is 4. The summed E-state index contributed by atoms with van der Waals surface area (Å²) in [5, 5.41) is 59.7. The van der Waals surface area contributed by atoms with Crippen molar-refractivity contribution in [3.05, 3.63) is 47.5 Å². The number of aliphatic hydroxyl groups is 5. The lowest BCUT2D eigenvalue weighted by Gasteiger charge is -2.39. The molecule has 2 aromatic carbocycles. The first-order valence-corrected chi connectivity index (χ1v) is 11.4. The van der Waals surface area contributed by atoms with E-state index in [1.54, 1.807) is 24.3 Å². The number of phenols is 1. The van der Waals surface area contributed by atoms with Crippen LogP contribution in [0, 0.1) is 0 Å². The molecule has 198 valence electrons. The Bertz CT molecular complexity index is 1010. The molecule has 11 heteroatoms. The summed E-state index contributed by atoms with van der Waals surface area (Å²) in [5.74, 6) is 0.0431. The summed E-state index contributed by atoms with van der Waals surface area (Å²) in [7, 11) is 2.79. The minimum absolute atomic E-state index is 0.0213. The van der Waals surface area contributed by atoms with Crippen molar-refractivity contribution in [3.8, 4) is 23.0 Å². The van der Waals surface area contributed by atoms with Gasteiger partial charge in [0.25, 0.3) is 0 Å². The molecule has 36 heavy (non-hydrogen) atoms. The van der Waals surface area contributed by atoms with Gasteiger partial charge in [-0.05, 0) is 30.5 Å². The van der Waals surface area contributed by atoms with E-state index in [0.717, 1.165) is 5.56 Å². The zero-order valence-corrected chi connectivity index (χ0v) is 20.0. The van der Waals surface area contributed by atoms with Crippen LogP contribution in [0.2, 0.25) is 0 Å². The number of benzene rings is 2. The summed E-state index contributed by atoms with van der Waals surface area (Å²) in [6, 6.07) is 9.45. The molecular weight excluding hydrogens is 476 g/mol. The van der Waals surface area contributed by atoms with Crippen LogP contribution in [0.1, 0.15) is 28.8 Å². The number of carbonyl (C=O) groups excluding carboxylic acids is 1. The number of hydrogen-bond acceptors (Lipinski definition) is 11. The predicted octanol–water partition coefficient (Wildman–Crippen LogP) is 0.155. The molecule has 11 nitrogen and oxygen atoms in total. The maximum atomic E-state index is 12.7. The minimum atomic E-state index is -1.54. The molecule has 1 aliphatic rings. The average molecular weight is 509 g/mol. The van der Waals surface area contributed by atoms with Crippen molar-refractivity contribution in [1.29, 1.82) is 0 Å². The second kappa shape index (κ2) is 12.3. The summed E-state index contributed by atoms with van der Waals surface area (Å²) >= 11 is 0. The standard InChI is InChI=1S/C25H32O11/c1-33-16-10-18(29)21(19(11-16)34-2)17(28)9-14(27)6-3-13-4-7-15(8-5-13)35-25-24(32)23(31)22(30)20(12-26)36-25/h4-5,7-8,10-11,14,20,22-27,29-32H,3,6,9,12H2,1-2H3/t14-,20-,22-,23+,24-,25-/m1/s1. The third kappa shape index (κ3) is 6.44. The highest BCUT2D eigenvalue weighted by Gasteiger charge is 2.44. The molecule has 0 amide bonds. The van der Waals surface area contributed by atoms with Gasteiger partial charge in [0.1, 0.15) is 53.0 Å². The lowest BCUT2D eigenvalue weighted by atomic mass is 9.98. The maximum absolute atomic E-state index is 12.7. The van der Waals surface area contributed by atoms with Gasteiger partial charge in [0, 0.05) is 18.6 Å². The molecule has 0 unspecified atom stereocenters. The van der Waals surface area contributed by atoms with Crippen molar-refractivity contribution in [1.82, 2.24) is 0 Å². The van der Waals surface area contributed by atoms with E-state index >= 15 is 0 Å². The Morgan fingerprint density at radius 3 is 2.31 bits per heavy atom. The fourth-order valence-corrected chi connectivity index (χ4v) is 3.92. The fraction of sp³-hybridized carbons (Fsp3) is 0.480. The lowest BCUT2D eigenvalue weighted by Crippen LogP contribution is -2.60. The van der Waals surface area contributed by atoms with Gasteiger partial charge in [-0.1, -0.05) is 12.1 Å². The van der Waals surface area contributed by atoms with Crippen LogP contribution in [0.3, 0.4) is 0 Å². The van der Waals surface area contributed by atoms with Gasteiger partial charge in [0.2, 0.25) is 6.29 Å². The van der Waals surface area contributed by atoms with Crippen LogP contribution in [-0.4, -0.2) is 94.1 Å². The summed E-state index contributed by atoms with van der Waals surface area (Å²) in [4.78, 5) is 12.7. The zero-order chi connectivity index (χ0) is 26.4. The molecule has 6 atom stereocenters. The Kier molecular flexibility index (Phi) is 9.49. The molecule has 0 aromatic heterocycles. The fourth-order valence-electron chi connectivity index (χ4n) is 3.92. The summed E-state index contributed by atoms with van der Waals surface area (Å²) in [6.07, 6.45) is -7.34. The third-order valence-electron chi connectivity index (χ3n) is 6.00. The van der Waals surface area contributed by atoms with Gasteiger partial charge in [0.05, 0.1) is 26.9 Å². The van der Waals surface area contributed by atoms with E-state index in [-0.39, 0.29) is 29.9 Å². The topological polar surface area (TPSA) is 175 Å². The van der Waals surface area contributed by atoms with E-state index < -0.39 is 49.2 Å². The molecule has 6 N–H and O–H groups in total. The minimum Gasteiger partial charge on any atom is -0.507 e. The van der Waals surface area contributed by atoms with Crippen LogP contribution >= 0.6 is 0 Å². The van der Waals surface area contributed by atoms with Crippen molar-refractivity contribution in [2.24, 2.45) is 0 Å². The van der Waals surface area contributed by atoms with E-state index in [0.29, 0.717) is 17.9 Å². The molecule has 1 aliphatic heterocycles. The van der Waals surface area contributed by atoms with Gasteiger partial charge < -0.3 is 49.6 Å². The molecule has 0 aliphatic carbocycles. The summed E-state index contributed by atoms with van der Waals surface area (Å²) in [6.45, 7) is -0.556. The van der Waals surface area contributed by atoms with Gasteiger partial charge in [-0.15, -0.1) is 0 Å². The van der Waals surface area contributed by atoms with Gasteiger partial charge in [0.15, 0.2) is 5.78 Å². The number of phenolic OH excluding ortho intramolecular Hbond substituents is 1. The van der Waals surface area contributed by atoms with Crippen molar-refractivity contribution < 1.29 is 54.4 Å². The predicted molar refractivity (Wildman–Crippen MR) is 125 cm³/mol. The Hall–Kier alpha value is -2.93. The van der Waals surface area contributed by atoms with Gasteiger partial charge in [-0.3, -0.25) is 4.79 Å². The number of ketones is 1. The Morgan fingerprint density at radius 2 is 1.69 bits per heavy atom. The number of rotatable bonds is 11. The van der Waals surface area contributed by atoms with E-state index in [1.165, 1.54) is 26.4 Å². The van der Waals surface area contributed by atoms with Gasteiger partial charge >= 0.3 is 0 Å². The third-order valence-corrected chi connectivity index (χ3v) is 6.00. The largest absolute Gasteiger partial charge is 0.507 e. The number of carbonyl (C=O) groups is 1. The quantitative estimate of drug-likeness (QED) is 0.228. The van der Waals surface area contributed by atoms with Crippen molar-refractivity contribution in [2.45, 2.75) is 56.1 Å². The summed E-state index contributed by atoms with van der Waals surface area (Å²) < 4.78 is 21.1. The zero-order valence-electron chi connectivity index (χ0n) is 20.0. The Morgan fingerprint density at radius 1 is 1.00 bits per heavy atom. The van der Waals surface area contributed by atoms with E-state index in [4.69, 9.17) is 18.9 Å². The molecular formula is C25H32O11. The molecule has 1 saturated heterocycles. The maximum Gasteiger partial charge on any atom is 0.229 e. The van der Waals surface area contributed by atoms with Crippen molar-refractivity contribution in [3.63, 3.8) is 0 Å². The Labute approximate surface area is 208 Å². The highest BCUT2D eigenvalue weighted by atomic mass is 16.7. The van der Waals surface area contributed by atoms with Crippen LogP contribution in [0.15, 0.2) is 36.4 Å². The second-order valence-electron chi connectivity index (χ2n) is 8.50. The van der Waals surface area contributed by atoms with Crippen LogP contribution < -0.4 is 14.2 Å². The van der Waals surface area contributed by atoms with Crippen LogP contribution in [-0.2, 0) is 11.2 Å². The second-order valence-corrected chi connectivity index (χ2v) is 8.50. The normalized spacial score (nSPS) is 24.7. The number of aliphatic hydroxyl groups excluding tert-OH is 5. The van der Waals surface area contributed by atoms with Gasteiger partial charge in [-0.25, -0.2) is 0 Å².